The van der Waals surface area contributed by atoms with Gasteiger partial charge in [-0.3, -0.25) is 9.59 Å². The number of furan rings is 1. The van der Waals surface area contributed by atoms with Crippen LogP contribution in [-0.2, 0) is 4.79 Å². The third-order valence-electron chi connectivity index (χ3n) is 3.63. The molecule has 0 spiro atoms. The number of hydrogen-bond donors (Lipinski definition) is 2. The fourth-order valence-electron chi connectivity index (χ4n) is 2.26. The highest BCUT2D eigenvalue weighted by atomic mass is 32.1. The molecular formula is C16H16N4O3S. The van der Waals surface area contributed by atoms with Crippen molar-refractivity contribution in [1.82, 2.24) is 9.55 Å². The van der Waals surface area contributed by atoms with E-state index in [1.165, 1.54) is 11.3 Å². The van der Waals surface area contributed by atoms with Gasteiger partial charge >= 0.3 is 0 Å². The normalized spacial score (nSPS) is 12.1. The van der Waals surface area contributed by atoms with Crippen LogP contribution in [0.2, 0.25) is 0 Å². The average molecular weight is 344 g/mol. The van der Waals surface area contributed by atoms with E-state index >= 15 is 0 Å². The Morgan fingerprint density at radius 2 is 2.08 bits per heavy atom. The molecular weight excluding hydrogens is 328 g/mol. The maximum Gasteiger partial charge on any atom is 0.284 e. The van der Waals surface area contributed by atoms with E-state index in [0.717, 1.165) is 0 Å². The minimum Gasteiger partial charge on any atom is -0.456 e. The molecule has 0 aliphatic heterocycles. The van der Waals surface area contributed by atoms with Crippen LogP contribution in [0.3, 0.4) is 0 Å². The van der Waals surface area contributed by atoms with Crippen LogP contribution in [0.25, 0.3) is 11.3 Å². The number of anilines is 1. The Labute approximate surface area is 142 Å². The molecule has 0 saturated carbocycles. The number of amides is 2. The summed E-state index contributed by atoms with van der Waals surface area (Å²) in [5.41, 5.74) is 6.52. The van der Waals surface area contributed by atoms with Gasteiger partial charge in [0.25, 0.3) is 5.91 Å². The van der Waals surface area contributed by atoms with Crippen molar-refractivity contribution >= 4 is 28.3 Å². The number of thiazole rings is 1. The molecule has 3 aromatic rings. The van der Waals surface area contributed by atoms with E-state index in [2.05, 4.69) is 10.3 Å². The van der Waals surface area contributed by atoms with Gasteiger partial charge in [-0.05, 0) is 32.0 Å². The Balaban J connectivity index is 1.76. The molecule has 3 N–H and O–H groups in total. The second kappa shape index (κ2) is 6.32. The third-order valence-corrected chi connectivity index (χ3v) is 4.38. The highest BCUT2D eigenvalue weighted by Crippen LogP contribution is 2.30. The van der Waals surface area contributed by atoms with Crippen LogP contribution in [0, 0.1) is 6.92 Å². The monoisotopic (exact) mass is 344 g/mol. The molecule has 0 fully saturated rings. The van der Waals surface area contributed by atoms with E-state index in [-0.39, 0.29) is 17.7 Å². The maximum atomic E-state index is 12.3. The highest BCUT2D eigenvalue weighted by molar-refractivity contribution is 7.14. The molecule has 24 heavy (non-hydrogen) atoms. The standard InChI is InChI=1S/C16H16N4O3S/c1-9(20-5-3-4-6-20)15(22)19-16-18-12(8-24-16)11-7-13(14(17)21)23-10(11)2/h3-9H,1-2H3,(H2,17,21)(H,18,19,22)/t9-/m1/s1. The Morgan fingerprint density at radius 3 is 2.71 bits per heavy atom. The lowest BCUT2D eigenvalue weighted by molar-refractivity contribution is -0.118. The van der Waals surface area contributed by atoms with Gasteiger partial charge in [-0.15, -0.1) is 11.3 Å². The van der Waals surface area contributed by atoms with Gasteiger partial charge in [0.2, 0.25) is 5.91 Å². The second-order valence-corrected chi connectivity index (χ2v) is 6.14. The summed E-state index contributed by atoms with van der Waals surface area (Å²) in [6.45, 7) is 3.54. The van der Waals surface area contributed by atoms with Crippen molar-refractivity contribution < 1.29 is 14.0 Å². The minimum atomic E-state index is -0.631. The Kier molecular flexibility index (Phi) is 4.22. The van der Waals surface area contributed by atoms with Crippen LogP contribution in [0.4, 0.5) is 5.13 Å². The van der Waals surface area contributed by atoms with Crippen LogP contribution in [0.5, 0.6) is 0 Å². The van der Waals surface area contributed by atoms with E-state index < -0.39 is 5.91 Å². The largest absolute Gasteiger partial charge is 0.456 e. The Bertz CT molecular complexity index is 879. The number of carbonyl (C=O) groups is 2. The molecule has 3 heterocycles. The zero-order valence-electron chi connectivity index (χ0n) is 13.1. The minimum absolute atomic E-state index is 0.0855. The summed E-state index contributed by atoms with van der Waals surface area (Å²) < 4.78 is 7.12. The quantitative estimate of drug-likeness (QED) is 0.742. The molecule has 7 nitrogen and oxygen atoms in total. The summed E-state index contributed by atoms with van der Waals surface area (Å²) in [5, 5.41) is 5.07. The smallest absolute Gasteiger partial charge is 0.284 e. The first-order valence-corrected chi connectivity index (χ1v) is 8.13. The third kappa shape index (κ3) is 3.09. The van der Waals surface area contributed by atoms with Crippen molar-refractivity contribution in [2.75, 3.05) is 5.32 Å². The molecule has 1 atom stereocenters. The van der Waals surface area contributed by atoms with Gasteiger partial charge in [-0.25, -0.2) is 4.98 Å². The molecule has 0 aromatic carbocycles. The van der Waals surface area contributed by atoms with Gasteiger partial charge in [0, 0.05) is 23.3 Å². The number of carbonyl (C=O) groups excluding carboxylic acids is 2. The van der Waals surface area contributed by atoms with Crippen LogP contribution in [0.15, 0.2) is 40.4 Å². The van der Waals surface area contributed by atoms with E-state index in [1.807, 2.05) is 36.0 Å². The van der Waals surface area contributed by atoms with Crippen molar-refractivity contribution in [3.05, 3.63) is 47.5 Å². The molecule has 2 amide bonds. The van der Waals surface area contributed by atoms with E-state index in [9.17, 15) is 9.59 Å². The molecule has 0 aliphatic carbocycles. The summed E-state index contributed by atoms with van der Waals surface area (Å²) in [7, 11) is 0. The summed E-state index contributed by atoms with van der Waals surface area (Å²) in [6, 6.07) is 4.94. The molecule has 0 bridgehead atoms. The van der Waals surface area contributed by atoms with Crippen LogP contribution >= 0.6 is 11.3 Å². The molecule has 124 valence electrons. The SMILES string of the molecule is Cc1oc(C(N)=O)cc1-c1csc(NC(=O)[C@@H](C)n2cccc2)n1. The van der Waals surface area contributed by atoms with E-state index in [4.69, 9.17) is 10.2 Å². The van der Waals surface area contributed by atoms with Gasteiger partial charge in [0.1, 0.15) is 11.8 Å². The molecule has 3 aromatic heterocycles. The first-order chi connectivity index (χ1) is 11.5. The van der Waals surface area contributed by atoms with E-state index in [1.54, 1.807) is 18.4 Å². The van der Waals surface area contributed by atoms with Crippen molar-refractivity contribution in [2.24, 2.45) is 5.73 Å². The summed E-state index contributed by atoms with van der Waals surface area (Å²) in [6.07, 6.45) is 3.66. The molecule has 0 aliphatic rings. The van der Waals surface area contributed by atoms with Gasteiger partial charge in [-0.1, -0.05) is 0 Å². The number of aromatic nitrogens is 2. The molecule has 0 radical (unpaired) electrons. The molecule has 8 heteroatoms. The zero-order chi connectivity index (χ0) is 17.3. The van der Waals surface area contributed by atoms with Gasteiger partial charge < -0.3 is 20.0 Å². The maximum absolute atomic E-state index is 12.3. The van der Waals surface area contributed by atoms with Gasteiger partial charge in [0.05, 0.1) is 5.69 Å². The molecule has 0 saturated heterocycles. The van der Waals surface area contributed by atoms with Crippen molar-refractivity contribution in [3.8, 4) is 11.3 Å². The highest BCUT2D eigenvalue weighted by Gasteiger charge is 2.18. The number of aryl methyl sites for hydroxylation is 1. The molecule has 0 unspecified atom stereocenters. The fourth-order valence-corrected chi connectivity index (χ4v) is 2.98. The van der Waals surface area contributed by atoms with Gasteiger partial charge in [-0.2, -0.15) is 0 Å². The zero-order valence-corrected chi connectivity index (χ0v) is 14.0. The predicted octanol–water partition coefficient (Wildman–Crippen LogP) is 2.81. The fraction of sp³-hybridized carbons (Fsp3) is 0.188. The van der Waals surface area contributed by atoms with Gasteiger partial charge in [0.15, 0.2) is 10.9 Å². The van der Waals surface area contributed by atoms with Crippen LogP contribution < -0.4 is 11.1 Å². The predicted molar refractivity (Wildman–Crippen MR) is 90.8 cm³/mol. The number of nitrogens with two attached hydrogens (primary N) is 1. The van der Waals surface area contributed by atoms with Crippen LogP contribution in [-0.4, -0.2) is 21.4 Å². The molecule has 3 rings (SSSR count). The number of nitrogens with one attached hydrogen (secondary N) is 1. The first kappa shape index (κ1) is 16.0. The van der Waals surface area contributed by atoms with Crippen molar-refractivity contribution in [3.63, 3.8) is 0 Å². The number of primary amides is 1. The number of rotatable bonds is 5. The van der Waals surface area contributed by atoms with Crippen molar-refractivity contribution in [1.29, 1.82) is 0 Å². The van der Waals surface area contributed by atoms with E-state index in [0.29, 0.717) is 22.1 Å². The first-order valence-electron chi connectivity index (χ1n) is 7.25. The summed E-state index contributed by atoms with van der Waals surface area (Å²) in [4.78, 5) is 27.8. The van der Waals surface area contributed by atoms with Crippen LogP contribution in [0.1, 0.15) is 29.3 Å². The summed E-state index contributed by atoms with van der Waals surface area (Å²) in [5.74, 6) is -0.155. The van der Waals surface area contributed by atoms with Crippen molar-refractivity contribution in [2.45, 2.75) is 19.9 Å². The lowest BCUT2D eigenvalue weighted by Gasteiger charge is -2.12. The Hall–Kier alpha value is -2.87. The lowest BCUT2D eigenvalue weighted by Crippen LogP contribution is -2.22. The topological polar surface area (TPSA) is 103 Å². The lowest BCUT2D eigenvalue weighted by atomic mass is 10.2. The average Bonchev–Trinajstić information content (AvgIpc) is 3.26. The summed E-state index contributed by atoms with van der Waals surface area (Å²) >= 11 is 1.30. The second-order valence-electron chi connectivity index (χ2n) is 5.28. The Morgan fingerprint density at radius 1 is 1.38 bits per heavy atom. The number of hydrogen-bond acceptors (Lipinski definition) is 5. The number of nitrogens with zero attached hydrogens (tertiary/aromatic N) is 2.